The van der Waals surface area contributed by atoms with Crippen molar-refractivity contribution < 1.29 is 9.47 Å². The number of ether oxygens (including phenoxy) is 2. The fraction of sp³-hybridized carbons (Fsp3) is 0.625. The smallest absolute Gasteiger partial charge is 0.121 e. The summed E-state index contributed by atoms with van der Waals surface area (Å²) in [5, 5.41) is 4.25. The Morgan fingerprint density at radius 1 is 1.50 bits per heavy atom. The Morgan fingerprint density at radius 2 is 2.35 bits per heavy atom. The zero-order chi connectivity index (χ0) is 14.4. The van der Waals surface area contributed by atoms with Crippen LogP contribution in [0.15, 0.2) is 24.3 Å². The van der Waals surface area contributed by atoms with Crippen LogP contribution in [-0.2, 0) is 4.74 Å². The van der Waals surface area contributed by atoms with E-state index in [4.69, 9.17) is 21.1 Å². The van der Waals surface area contributed by atoms with Crippen molar-refractivity contribution in [3.63, 3.8) is 0 Å². The van der Waals surface area contributed by atoms with E-state index in [9.17, 15) is 0 Å². The van der Waals surface area contributed by atoms with Crippen LogP contribution < -0.4 is 10.1 Å². The molecule has 1 fully saturated rings. The molecule has 1 aromatic carbocycles. The maximum Gasteiger partial charge on any atom is 0.121 e. The summed E-state index contributed by atoms with van der Waals surface area (Å²) in [7, 11) is 0. The number of rotatable bonds is 6. The molecular weight excluding hydrogens is 274 g/mol. The summed E-state index contributed by atoms with van der Waals surface area (Å²) in [5.74, 6) is 1.34. The molecule has 1 aliphatic rings. The van der Waals surface area contributed by atoms with Gasteiger partial charge >= 0.3 is 0 Å². The Morgan fingerprint density at radius 3 is 3.00 bits per heavy atom. The minimum absolute atomic E-state index is 0.0834. The molecule has 1 heterocycles. The highest BCUT2D eigenvalue weighted by Crippen LogP contribution is 2.24. The lowest BCUT2D eigenvalue weighted by Gasteiger charge is -2.34. The van der Waals surface area contributed by atoms with Crippen LogP contribution >= 0.6 is 11.6 Å². The van der Waals surface area contributed by atoms with Gasteiger partial charge in [0.05, 0.1) is 6.61 Å². The number of hydrogen-bond donors (Lipinski definition) is 1. The summed E-state index contributed by atoms with van der Waals surface area (Å²) >= 11 is 6.00. The van der Waals surface area contributed by atoms with Crippen LogP contribution in [-0.4, -0.2) is 31.9 Å². The van der Waals surface area contributed by atoms with Crippen molar-refractivity contribution in [2.24, 2.45) is 5.92 Å². The minimum Gasteiger partial charge on any atom is -0.489 e. The van der Waals surface area contributed by atoms with Crippen LogP contribution in [0.2, 0.25) is 5.02 Å². The fourth-order valence-electron chi connectivity index (χ4n) is 2.83. The lowest BCUT2D eigenvalue weighted by Crippen LogP contribution is -2.49. The van der Waals surface area contributed by atoms with Gasteiger partial charge in [-0.2, -0.15) is 0 Å². The van der Waals surface area contributed by atoms with E-state index in [-0.39, 0.29) is 6.10 Å². The number of hydrogen-bond acceptors (Lipinski definition) is 3. The van der Waals surface area contributed by atoms with Crippen molar-refractivity contribution >= 4 is 11.6 Å². The highest BCUT2D eigenvalue weighted by Gasteiger charge is 2.29. The lowest BCUT2D eigenvalue weighted by atomic mass is 9.90. The first-order chi connectivity index (χ1) is 9.70. The highest BCUT2D eigenvalue weighted by molar-refractivity contribution is 6.30. The number of nitrogens with one attached hydrogen (secondary N) is 1. The van der Waals surface area contributed by atoms with Gasteiger partial charge < -0.3 is 14.8 Å². The zero-order valence-electron chi connectivity index (χ0n) is 12.3. The molecule has 0 aliphatic carbocycles. The largest absolute Gasteiger partial charge is 0.489 e. The van der Waals surface area contributed by atoms with Gasteiger partial charge in [-0.05, 0) is 44.5 Å². The quantitative estimate of drug-likeness (QED) is 0.871. The van der Waals surface area contributed by atoms with Crippen LogP contribution in [0.5, 0.6) is 5.75 Å². The third kappa shape index (κ3) is 4.37. The number of halogens is 1. The summed E-state index contributed by atoms with van der Waals surface area (Å²) < 4.78 is 11.7. The van der Waals surface area contributed by atoms with Crippen molar-refractivity contribution in [2.45, 2.75) is 38.8 Å². The van der Waals surface area contributed by atoms with E-state index >= 15 is 0 Å². The maximum absolute atomic E-state index is 6.06. The third-order valence-corrected chi connectivity index (χ3v) is 4.00. The average molecular weight is 298 g/mol. The van der Waals surface area contributed by atoms with Gasteiger partial charge in [0.25, 0.3) is 0 Å². The van der Waals surface area contributed by atoms with E-state index in [1.807, 2.05) is 24.3 Å². The molecule has 20 heavy (non-hydrogen) atoms. The first-order valence-corrected chi connectivity index (χ1v) is 7.82. The summed E-state index contributed by atoms with van der Waals surface area (Å²) in [4.78, 5) is 0. The van der Waals surface area contributed by atoms with Gasteiger partial charge in [0.1, 0.15) is 11.9 Å². The molecular formula is C16H24ClNO2. The third-order valence-electron chi connectivity index (χ3n) is 3.77. The van der Waals surface area contributed by atoms with Gasteiger partial charge in [-0.15, -0.1) is 0 Å². The normalized spacial score (nSPS) is 22.2. The van der Waals surface area contributed by atoms with Gasteiger partial charge in [-0.1, -0.05) is 24.6 Å². The van der Waals surface area contributed by atoms with Crippen LogP contribution in [0.4, 0.5) is 0 Å². The van der Waals surface area contributed by atoms with Gasteiger partial charge in [0.2, 0.25) is 0 Å². The van der Waals surface area contributed by atoms with Crippen molar-refractivity contribution in [3.05, 3.63) is 29.3 Å². The van der Waals surface area contributed by atoms with Gasteiger partial charge in [0, 0.05) is 23.6 Å². The Bertz CT molecular complexity index is 407. The van der Waals surface area contributed by atoms with Crippen LogP contribution in [0.1, 0.15) is 26.7 Å². The fourth-order valence-corrected chi connectivity index (χ4v) is 3.01. The molecule has 2 rings (SSSR count). The van der Waals surface area contributed by atoms with Crippen LogP contribution in [0, 0.1) is 5.92 Å². The van der Waals surface area contributed by atoms with Gasteiger partial charge in [-0.3, -0.25) is 0 Å². The van der Waals surface area contributed by atoms with E-state index < -0.39 is 0 Å². The molecule has 4 heteroatoms. The molecule has 1 saturated heterocycles. The lowest BCUT2D eigenvalue weighted by molar-refractivity contribution is 0.0163. The Labute approximate surface area is 126 Å². The second kappa shape index (κ2) is 7.87. The van der Waals surface area contributed by atoms with Crippen molar-refractivity contribution in [3.8, 4) is 5.75 Å². The monoisotopic (exact) mass is 297 g/mol. The summed E-state index contributed by atoms with van der Waals surface area (Å²) in [5.41, 5.74) is 0. The molecule has 0 bridgehead atoms. The highest BCUT2D eigenvalue weighted by atomic mass is 35.5. The molecule has 3 atom stereocenters. The number of benzene rings is 1. The average Bonchev–Trinajstić information content (AvgIpc) is 2.45. The zero-order valence-corrected chi connectivity index (χ0v) is 13.0. The molecule has 112 valence electrons. The summed E-state index contributed by atoms with van der Waals surface area (Å²) in [6.07, 6.45) is 2.41. The van der Waals surface area contributed by atoms with Gasteiger partial charge in [0.15, 0.2) is 0 Å². The number of likely N-dealkylation sites (N-methyl/N-ethyl adjacent to an activating group) is 1. The predicted octanol–water partition coefficient (Wildman–Crippen LogP) is 3.51. The second-order valence-electron chi connectivity index (χ2n) is 5.34. The van der Waals surface area contributed by atoms with Gasteiger partial charge in [-0.25, -0.2) is 0 Å². The molecule has 1 aliphatic heterocycles. The SMILES string of the molecule is CCNC(C1CCCOC1)C(C)Oc1cccc(Cl)c1. The van der Waals surface area contributed by atoms with Crippen molar-refractivity contribution in [1.29, 1.82) is 0 Å². The Hall–Kier alpha value is -0.770. The summed E-state index contributed by atoms with van der Waals surface area (Å²) in [6, 6.07) is 7.88. The molecule has 0 spiro atoms. The van der Waals surface area contributed by atoms with E-state index in [2.05, 4.69) is 19.2 Å². The van der Waals surface area contributed by atoms with Crippen LogP contribution in [0.25, 0.3) is 0 Å². The molecule has 1 aromatic rings. The molecule has 3 nitrogen and oxygen atoms in total. The van der Waals surface area contributed by atoms with E-state index in [0.29, 0.717) is 17.0 Å². The first-order valence-electron chi connectivity index (χ1n) is 7.44. The Kier molecular flexibility index (Phi) is 6.14. The molecule has 0 amide bonds. The molecule has 0 aromatic heterocycles. The molecule has 3 unspecified atom stereocenters. The maximum atomic E-state index is 6.06. The standard InChI is InChI=1S/C16H24ClNO2/c1-3-18-16(13-6-5-9-19-11-13)12(2)20-15-8-4-7-14(17)10-15/h4,7-8,10,12-13,16,18H,3,5-6,9,11H2,1-2H3. The van der Waals surface area contributed by atoms with E-state index in [1.54, 1.807) is 0 Å². The second-order valence-corrected chi connectivity index (χ2v) is 5.78. The van der Waals surface area contributed by atoms with E-state index in [0.717, 1.165) is 31.9 Å². The van der Waals surface area contributed by atoms with Crippen LogP contribution in [0.3, 0.4) is 0 Å². The molecule has 0 radical (unpaired) electrons. The van der Waals surface area contributed by atoms with Crippen molar-refractivity contribution in [2.75, 3.05) is 19.8 Å². The predicted molar refractivity (Wildman–Crippen MR) is 82.5 cm³/mol. The Balaban J connectivity index is 2.00. The summed E-state index contributed by atoms with van der Waals surface area (Å²) in [6.45, 7) is 6.88. The molecule has 1 N–H and O–H groups in total. The first kappa shape index (κ1) is 15.6. The minimum atomic E-state index is 0.0834. The topological polar surface area (TPSA) is 30.5 Å². The van der Waals surface area contributed by atoms with Crippen molar-refractivity contribution in [1.82, 2.24) is 5.32 Å². The molecule has 0 saturated carbocycles. The van der Waals surface area contributed by atoms with E-state index in [1.165, 1.54) is 6.42 Å².